The van der Waals surface area contributed by atoms with E-state index in [-0.39, 0.29) is 24.9 Å². The highest BCUT2D eigenvalue weighted by Gasteiger charge is 2.14. The quantitative estimate of drug-likeness (QED) is 0.557. The number of ether oxygens (including phenoxy) is 2. The van der Waals surface area contributed by atoms with Crippen molar-refractivity contribution in [2.75, 3.05) is 30.4 Å². The van der Waals surface area contributed by atoms with Gasteiger partial charge in [-0.1, -0.05) is 12.1 Å². The van der Waals surface area contributed by atoms with Crippen molar-refractivity contribution in [3.8, 4) is 11.5 Å². The maximum absolute atomic E-state index is 12.5. The highest BCUT2D eigenvalue weighted by molar-refractivity contribution is 6.00. The van der Waals surface area contributed by atoms with Crippen molar-refractivity contribution >= 4 is 23.2 Å². The molecule has 8 heteroatoms. The molecule has 0 saturated heterocycles. The van der Waals surface area contributed by atoms with Gasteiger partial charge in [-0.15, -0.1) is 0 Å². The van der Waals surface area contributed by atoms with Crippen LogP contribution < -0.4 is 25.4 Å². The van der Waals surface area contributed by atoms with Crippen LogP contribution in [0.2, 0.25) is 0 Å². The molecular weight excluding hydrogens is 386 g/mol. The standard InChI is InChI=1S/C22H21N3O5/c26-21(25-15-7-8-19-20(12-15)30-11-10-29-19)14-23-18-6-2-1-5-17(18)22(27)24-13-16-4-3-9-28-16/h1-9,12,23H,10-11,13-14H2,(H,24,27)(H,25,26). The number of furan rings is 1. The van der Waals surface area contributed by atoms with Gasteiger partial charge in [0.05, 0.1) is 24.9 Å². The summed E-state index contributed by atoms with van der Waals surface area (Å²) in [6, 6.07) is 15.8. The molecule has 2 heterocycles. The van der Waals surface area contributed by atoms with Crippen molar-refractivity contribution in [3.05, 3.63) is 72.2 Å². The smallest absolute Gasteiger partial charge is 0.253 e. The minimum absolute atomic E-state index is 0.00306. The van der Waals surface area contributed by atoms with Crippen LogP contribution in [-0.2, 0) is 11.3 Å². The van der Waals surface area contributed by atoms with E-state index in [1.165, 1.54) is 0 Å². The first-order valence-corrected chi connectivity index (χ1v) is 9.52. The zero-order chi connectivity index (χ0) is 20.8. The molecule has 0 spiro atoms. The Labute approximate surface area is 173 Å². The number of amides is 2. The molecule has 0 aliphatic carbocycles. The molecule has 0 radical (unpaired) electrons. The van der Waals surface area contributed by atoms with Gasteiger partial charge in [0.2, 0.25) is 5.91 Å². The van der Waals surface area contributed by atoms with Gasteiger partial charge in [-0.2, -0.15) is 0 Å². The minimum Gasteiger partial charge on any atom is -0.486 e. The molecule has 0 saturated carbocycles. The summed E-state index contributed by atoms with van der Waals surface area (Å²) in [4.78, 5) is 24.9. The van der Waals surface area contributed by atoms with Crippen molar-refractivity contribution in [2.45, 2.75) is 6.54 Å². The van der Waals surface area contributed by atoms with E-state index < -0.39 is 0 Å². The summed E-state index contributed by atoms with van der Waals surface area (Å²) in [6.45, 7) is 1.27. The van der Waals surface area contributed by atoms with Crippen molar-refractivity contribution in [2.24, 2.45) is 0 Å². The summed E-state index contributed by atoms with van der Waals surface area (Å²) in [6.07, 6.45) is 1.55. The normalized spacial score (nSPS) is 12.1. The summed E-state index contributed by atoms with van der Waals surface area (Å²) in [5.74, 6) is 1.41. The van der Waals surface area contributed by atoms with E-state index in [0.29, 0.717) is 47.4 Å². The number of hydrogen-bond acceptors (Lipinski definition) is 6. The lowest BCUT2D eigenvalue weighted by Crippen LogP contribution is -2.26. The number of benzene rings is 2. The third-order valence-electron chi connectivity index (χ3n) is 4.44. The third-order valence-corrected chi connectivity index (χ3v) is 4.44. The summed E-state index contributed by atoms with van der Waals surface area (Å²) in [5, 5.41) is 8.62. The van der Waals surface area contributed by atoms with E-state index in [1.807, 2.05) is 0 Å². The van der Waals surface area contributed by atoms with Gasteiger partial charge in [0.25, 0.3) is 5.91 Å². The van der Waals surface area contributed by atoms with Crippen molar-refractivity contribution in [1.29, 1.82) is 0 Å². The lowest BCUT2D eigenvalue weighted by atomic mass is 10.1. The number of anilines is 2. The fraction of sp³-hybridized carbons (Fsp3) is 0.182. The molecule has 30 heavy (non-hydrogen) atoms. The van der Waals surface area contributed by atoms with Crippen LogP contribution in [-0.4, -0.2) is 31.6 Å². The first-order valence-electron chi connectivity index (χ1n) is 9.52. The second-order valence-electron chi connectivity index (χ2n) is 6.57. The van der Waals surface area contributed by atoms with E-state index in [9.17, 15) is 9.59 Å². The van der Waals surface area contributed by atoms with Crippen LogP contribution in [0.4, 0.5) is 11.4 Å². The predicted molar refractivity (Wildman–Crippen MR) is 111 cm³/mol. The van der Waals surface area contributed by atoms with Gasteiger partial charge in [0.1, 0.15) is 19.0 Å². The van der Waals surface area contributed by atoms with Crippen LogP contribution >= 0.6 is 0 Å². The number of carbonyl (C=O) groups excluding carboxylic acids is 2. The zero-order valence-corrected chi connectivity index (χ0v) is 16.1. The van der Waals surface area contributed by atoms with Gasteiger partial charge in [-0.25, -0.2) is 0 Å². The average Bonchev–Trinajstić information content (AvgIpc) is 3.30. The van der Waals surface area contributed by atoms with Crippen molar-refractivity contribution < 1.29 is 23.5 Å². The van der Waals surface area contributed by atoms with Crippen LogP contribution in [0.5, 0.6) is 11.5 Å². The van der Waals surface area contributed by atoms with Crippen molar-refractivity contribution in [1.82, 2.24) is 5.32 Å². The fourth-order valence-electron chi connectivity index (χ4n) is 3.01. The van der Waals surface area contributed by atoms with Gasteiger partial charge >= 0.3 is 0 Å². The molecule has 154 valence electrons. The summed E-state index contributed by atoms with van der Waals surface area (Å²) in [7, 11) is 0. The Morgan fingerprint density at radius 1 is 0.933 bits per heavy atom. The second-order valence-corrected chi connectivity index (χ2v) is 6.57. The van der Waals surface area contributed by atoms with Gasteiger partial charge < -0.3 is 29.8 Å². The monoisotopic (exact) mass is 407 g/mol. The average molecular weight is 407 g/mol. The molecule has 8 nitrogen and oxygen atoms in total. The first kappa shape index (κ1) is 19.4. The molecule has 4 rings (SSSR count). The first-order chi connectivity index (χ1) is 14.7. The third kappa shape index (κ3) is 4.72. The Kier molecular flexibility index (Phi) is 5.84. The molecule has 0 atom stereocenters. The van der Waals surface area contributed by atoms with E-state index >= 15 is 0 Å². The van der Waals surface area contributed by atoms with Crippen LogP contribution in [0.1, 0.15) is 16.1 Å². The largest absolute Gasteiger partial charge is 0.486 e. The number of nitrogens with one attached hydrogen (secondary N) is 3. The van der Waals surface area contributed by atoms with E-state index in [1.54, 1.807) is 60.9 Å². The minimum atomic E-state index is -0.262. The number of para-hydroxylation sites is 1. The number of rotatable bonds is 7. The summed E-state index contributed by atoms with van der Waals surface area (Å²) >= 11 is 0. The summed E-state index contributed by atoms with van der Waals surface area (Å²) in [5.41, 5.74) is 1.61. The van der Waals surface area contributed by atoms with Gasteiger partial charge in [0.15, 0.2) is 11.5 Å². The van der Waals surface area contributed by atoms with E-state index in [2.05, 4.69) is 16.0 Å². The summed E-state index contributed by atoms with van der Waals surface area (Å²) < 4.78 is 16.2. The second kappa shape index (κ2) is 9.04. The molecule has 3 aromatic rings. The maximum atomic E-state index is 12.5. The molecule has 0 unspecified atom stereocenters. The zero-order valence-electron chi connectivity index (χ0n) is 16.1. The predicted octanol–water partition coefficient (Wildman–Crippen LogP) is 3.03. The molecule has 2 aromatic carbocycles. The van der Waals surface area contributed by atoms with Crippen molar-refractivity contribution in [3.63, 3.8) is 0 Å². The Balaban J connectivity index is 1.34. The lowest BCUT2D eigenvalue weighted by molar-refractivity contribution is -0.114. The highest BCUT2D eigenvalue weighted by Crippen LogP contribution is 2.32. The molecule has 0 fully saturated rings. The number of hydrogen-bond donors (Lipinski definition) is 3. The van der Waals surface area contributed by atoms with Crippen LogP contribution in [0.15, 0.2) is 65.3 Å². The van der Waals surface area contributed by atoms with E-state index in [0.717, 1.165) is 0 Å². The molecule has 3 N–H and O–H groups in total. The lowest BCUT2D eigenvalue weighted by Gasteiger charge is -2.19. The Morgan fingerprint density at radius 3 is 2.60 bits per heavy atom. The van der Waals surface area contributed by atoms with Gasteiger partial charge in [-0.3, -0.25) is 9.59 Å². The Morgan fingerprint density at radius 2 is 1.77 bits per heavy atom. The molecule has 1 aliphatic rings. The Bertz CT molecular complexity index is 1030. The SMILES string of the molecule is O=C(CNc1ccccc1C(=O)NCc1ccco1)Nc1ccc2c(c1)OCCO2. The topological polar surface area (TPSA) is 102 Å². The van der Waals surface area contributed by atoms with Crippen LogP contribution in [0.25, 0.3) is 0 Å². The molecular formula is C22H21N3O5. The van der Waals surface area contributed by atoms with Gasteiger partial charge in [-0.05, 0) is 36.4 Å². The highest BCUT2D eigenvalue weighted by atomic mass is 16.6. The number of fused-ring (bicyclic) bond motifs is 1. The molecule has 1 aromatic heterocycles. The molecule has 1 aliphatic heterocycles. The Hall–Kier alpha value is -3.94. The van der Waals surface area contributed by atoms with E-state index in [4.69, 9.17) is 13.9 Å². The fourth-order valence-corrected chi connectivity index (χ4v) is 3.01. The van der Waals surface area contributed by atoms with Crippen LogP contribution in [0.3, 0.4) is 0 Å². The van der Waals surface area contributed by atoms with Crippen LogP contribution in [0, 0.1) is 0 Å². The number of carbonyl (C=O) groups is 2. The molecule has 2 amide bonds. The maximum Gasteiger partial charge on any atom is 0.253 e. The van der Waals surface area contributed by atoms with Gasteiger partial charge in [0, 0.05) is 17.4 Å². The molecule has 0 bridgehead atoms.